The Labute approximate surface area is 86.2 Å². The third-order valence-corrected chi connectivity index (χ3v) is 1.81. The second kappa shape index (κ2) is 4.36. The van der Waals surface area contributed by atoms with Crippen molar-refractivity contribution in [2.45, 2.75) is 6.54 Å². The standard InChI is InChI=1S/C10H9N3O2/c14-7-8-4-11-10(12-5-8)13-6-9-2-1-3-15-9/h1-5,7H,6H2,(H,11,12,13). The van der Waals surface area contributed by atoms with Gasteiger partial charge in [0.2, 0.25) is 5.95 Å². The molecule has 2 rings (SSSR count). The Hall–Kier alpha value is -2.17. The van der Waals surface area contributed by atoms with Crippen LogP contribution in [-0.2, 0) is 6.54 Å². The van der Waals surface area contributed by atoms with Gasteiger partial charge < -0.3 is 9.73 Å². The van der Waals surface area contributed by atoms with Crippen molar-refractivity contribution >= 4 is 12.2 Å². The molecule has 2 aromatic rings. The van der Waals surface area contributed by atoms with E-state index in [-0.39, 0.29) is 0 Å². The van der Waals surface area contributed by atoms with Gasteiger partial charge in [-0.3, -0.25) is 4.79 Å². The van der Waals surface area contributed by atoms with Crippen LogP contribution in [0.3, 0.4) is 0 Å². The normalized spacial score (nSPS) is 9.87. The first-order chi connectivity index (χ1) is 7.38. The molecule has 2 aromatic heterocycles. The van der Waals surface area contributed by atoms with Crippen LogP contribution in [0.4, 0.5) is 5.95 Å². The van der Waals surface area contributed by atoms with E-state index >= 15 is 0 Å². The van der Waals surface area contributed by atoms with Crippen LogP contribution >= 0.6 is 0 Å². The number of carbonyl (C=O) groups is 1. The number of hydrogen-bond acceptors (Lipinski definition) is 5. The minimum Gasteiger partial charge on any atom is -0.467 e. The maximum absolute atomic E-state index is 10.3. The van der Waals surface area contributed by atoms with Gasteiger partial charge in [-0.05, 0) is 12.1 Å². The van der Waals surface area contributed by atoms with Crippen molar-refractivity contribution in [1.82, 2.24) is 9.97 Å². The minimum atomic E-state index is 0.457. The number of aromatic nitrogens is 2. The van der Waals surface area contributed by atoms with Crippen LogP contribution in [0.25, 0.3) is 0 Å². The van der Waals surface area contributed by atoms with Crippen LogP contribution in [0, 0.1) is 0 Å². The molecule has 0 saturated carbocycles. The van der Waals surface area contributed by atoms with E-state index in [0.29, 0.717) is 24.3 Å². The maximum atomic E-state index is 10.3. The number of rotatable bonds is 4. The Kier molecular flexibility index (Phi) is 2.73. The zero-order valence-electron chi connectivity index (χ0n) is 7.88. The fourth-order valence-electron chi connectivity index (χ4n) is 1.07. The lowest BCUT2D eigenvalue weighted by molar-refractivity contribution is 0.112. The van der Waals surface area contributed by atoms with Crippen LogP contribution in [-0.4, -0.2) is 16.3 Å². The molecule has 0 aliphatic heterocycles. The summed E-state index contributed by atoms with van der Waals surface area (Å²) in [5.74, 6) is 1.27. The molecular weight excluding hydrogens is 194 g/mol. The first-order valence-corrected chi connectivity index (χ1v) is 4.42. The predicted octanol–water partition coefficient (Wildman–Crippen LogP) is 1.49. The largest absolute Gasteiger partial charge is 0.467 e. The van der Waals surface area contributed by atoms with Crippen molar-refractivity contribution in [3.63, 3.8) is 0 Å². The maximum Gasteiger partial charge on any atom is 0.222 e. The molecule has 0 unspecified atom stereocenters. The fraction of sp³-hybridized carbons (Fsp3) is 0.100. The molecule has 0 saturated heterocycles. The van der Waals surface area contributed by atoms with Crippen molar-refractivity contribution in [3.05, 3.63) is 42.1 Å². The number of nitrogens with one attached hydrogen (secondary N) is 1. The molecule has 5 nitrogen and oxygen atoms in total. The van der Waals surface area contributed by atoms with Gasteiger partial charge in [0.05, 0.1) is 18.4 Å². The van der Waals surface area contributed by atoms with E-state index in [0.717, 1.165) is 5.76 Å². The summed E-state index contributed by atoms with van der Waals surface area (Å²) in [5.41, 5.74) is 0.457. The molecule has 15 heavy (non-hydrogen) atoms. The third kappa shape index (κ3) is 2.40. The van der Waals surface area contributed by atoms with Gasteiger partial charge in [0.1, 0.15) is 5.76 Å². The molecular formula is C10H9N3O2. The van der Waals surface area contributed by atoms with E-state index < -0.39 is 0 Å². The smallest absolute Gasteiger partial charge is 0.222 e. The summed E-state index contributed by atoms with van der Waals surface area (Å²) in [4.78, 5) is 18.3. The van der Waals surface area contributed by atoms with E-state index in [2.05, 4.69) is 15.3 Å². The highest BCUT2D eigenvalue weighted by Gasteiger charge is 1.98. The summed E-state index contributed by atoms with van der Waals surface area (Å²) in [7, 11) is 0. The molecule has 0 radical (unpaired) electrons. The Morgan fingerprint density at radius 3 is 2.80 bits per heavy atom. The summed E-state index contributed by atoms with van der Waals surface area (Å²) < 4.78 is 5.13. The molecule has 1 N–H and O–H groups in total. The summed E-state index contributed by atoms with van der Waals surface area (Å²) in [6.45, 7) is 0.521. The van der Waals surface area contributed by atoms with Gasteiger partial charge in [0.25, 0.3) is 0 Å². The average Bonchev–Trinajstić information content (AvgIpc) is 2.80. The summed E-state index contributed by atoms with van der Waals surface area (Å²) in [5, 5.41) is 2.97. The summed E-state index contributed by atoms with van der Waals surface area (Å²) in [6.07, 6.45) is 5.23. The van der Waals surface area contributed by atoms with Gasteiger partial charge in [0, 0.05) is 12.4 Å². The van der Waals surface area contributed by atoms with E-state index in [1.54, 1.807) is 6.26 Å². The molecule has 0 bridgehead atoms. The van der Waals surface area contributed by atoms with Crippen molar-refractivity contribution in [2.24, 2.45) is 0 Å². The molecule has 0 atom stereocenters. The van der Waals surface area contributed by atoms with E-state index in [9.17, 15) is 4.79 Å². The van der Waals surface area contributed by atoms with Gasteiger partial charge in [0.15, 0.2) is 6.29 Å². The van der Waals surface area contributed by atoms with Crippen molar-refractivity contribution in [2.75, 3.05) is 5.32 Å². The van der Waals surface area contributed by atoms with Crippen molar-refractivity contribution in [3.8, 4) is 0 Å². The number of aldehydes is 1. The van der Waals surface area contributed by atoms with Crippen molar-refractivity contribution < 1.29 is 9.21 Å². The van der Waals surface area contributed by atoms with E-state index in [1.807, 2.05) is 12.1 Å². The highest BCUT2D eigenvalue weighted by Crippen LogP contribution is 2.03. The topological polar surface area (TPSA) is 68.0 Å². The number of nitrogens with zero attached hydrogens (tertiary/aromatic N) is 2. The minimum absolute atomic E-state index is 0.457. The molecule has 2 heterocycles. The molecule has 0 aliphatic carbocycles. The average molecular weight is 203 g/mol. The molecule has 0 aromatic carbocycles. The Bertz CT molecular complexity index is 422. The lowest BCUT2D eigenvalue weighted by atomic mass is 10.4. The molecule has 76 valence electrons. The second-order valence-corrected chi connectivity index (χ2v) is 2.89. The second-order valence-electron chi connectivity index (χ2n) is 2.89. The predicted molar refractivity (Wildman–Crippen MR) is 53.5 cm³/mol. The Morgan fingerprint density at radius 2 is 2.20 bits per heavy atom. The quantitative estimate of drug-likeness (QED) is 0.762. The third-order valence-electron chi connectivity index (χ3n) is 1.81. The Balaban J connectivity index is 1.96. The number of carbonyl (C=O) groups excluding carboxylic acids is 1. The van der Waals surface area contributed by atoms with Crippen LogP contribution in [0.5, 0.6) is 0 Å². The summed E-state index contributed by atoms with van der Waals surface area (Å²) in [6, 6.07) is 3.67. The van der Waals surface area contributed by atoms with E-state index in [4.69, 9.17) is 4.42 Å². The van der Waals surface area contributed by atoms with Crippen LogP contribution in [0.15, 0.2) is 35.2 Å². The monoisotopic (exact) mass is 203 g/mol. The molecule has 0 spiro atoms. The van der Waals surface area contributed by atoms with Gasteiger partial charge in [-0.15, -0.1) is 0 Å². The van der Waals surface area contributed by atoms with Gasteiger partial charge in [-0.2, -0.15) is 0 Å². The molecule has 0 aliphatic rings. The number of anilines is 1. The zero-order chi connectivity index (χ0) is 10.5. The van der Waals surface area contributed by atoms with Crippen LogP contribution in [0.2, 0.25) is 0 Å². The lowest BCUT2D eigenvalue weighted by Gasteiger charge is -2.01. The SMILES string of the molecule is O=Cc1cnc(NCc2ccco2)nc1. The van der Waals surface area contributed by atoms with Crippen LogP contribution in [0.1, 0.15) is 16.1 Å². The highest BCUT2D eigenvalue weighted by atomic mass is 16.3. The molecule has 5 heteroatoms. The number of furan rings is 1. The van der Waals surface area contributed by atoms with E-state index in [1.165, 1.54) is 12.4 Å². The first kappa shape index (κ1) is 9.39. The van der Waals surface area contributed by atoms with Crippen LogP contribution < -0.4 is 5.32 Å². The first-order valence-electron chi connectivity index (χ1n) is 4.42. The zero-order valence-corrected chi connectivity index (χ0v) is 7.88. The highest BCUT2D eigenvalue weighted by molar-refractivity contribution is 5.73. The Morgan fingerprint density at radius 1 is 1.40 bits per heavy atom. The van der Waals surface area contributed by atoms with Crippen molar-refractivity contribution in [1.29, 1.82) is 0 Å². The fourth-order valence-corrected chi connectivity index (χ4v) is 1.07. The number of hydrogen-bond donors (Lipinski definition) is 1. The van der Waals surface area contributed by atoms with Gasteiger partial charge >= 0.3 is 0 Å². The molecule has 0 fully saturated rings. The van der Waals surface area contributed by atoms with Gasteiger partial charge in [-0.1, -0.05) is 0 Å². The van der Waals surface area contributed by atoms with Gasteiger partial charge in [-0.25, -0.2) is 9.97 Å². The molecule has 0 amide bonds. The lowest BCUT2D eigenvalue weighted by Crippen LogP contribution is -2.02. The summed E-state index contributed by atoms with van der Waals surface area (Å²) >= 11 is 0.